The van der Waals surface area contributed by atoms with Gasteiger partial charge in [0, 0.05) is 31.2 Å². The standard InChI is InChI=1S/C28H35N3O4/c32-27(22-16-20-4-1-2-5-21(20)17-22)31-25(28(33)34)11-13-35-24-14-18(15-24)7-9-23-10-8-19-6-3-12-29-26(19)30-23/h1-2,4-5,8,10,18,22,24-25H,3,6-7,9,11-17H2,(H,29,30)(H,31,32)(H,33,34)/t18-,24-,25-/m0/s1. The molecular formula is C28H35N3O4. The number of rotatable bonds is 10. The molecule has 5 rings (SSSR count). The van der Waals surface area contributed by atoms with Crippen LogP contribution in [0.15, 0.2) is 36.4 Å². The largest absolute Gasteiger partial charge is 0.480 e. The van der Waals surface area contributed by atoms with Gasteiger partial charge in [-0.05, 0) is 80.0 Å². The van der Waals surface area contributed by atoms with Crippen LogP contribution in [0.4, 0.5) is 5.82 Å². The number of nitrogens with one attached hydrogen (secondary N) is 2. The smallest absolute Gasteiger partial charge is 0.326 e. The summed E-state index contributed by atoms with van der Waals surface area (Å²) in [5.41, 5.74) is 4.83. The number of carboxylic acid groups (broad SMARTS) is 1. The summed E-state index contributed by atoms with van der Waals surface area (Å²) in [4.78, 5) is 29.2. The lowest BCUT2D eigenvalue weighted by atomic mass is 9.79. The molecule has 7 nitrogen and oxygen atoms in total. The lowest BCUT2D eigenvalue weighted by Crippen LogP contribution is -2.45. The van der Waals surface area contributed by atoms with Gasteiger partial charge < -0.3 is 20.5 Å². The number of carbonyl (C=O) groups is 2. The third-order valence-electron chi connectivity index (χ3n) is 7.75. The number of ether oxygens (including phenoxy) is 1. The molecule has 2 heterocycles. The fourth-order valence-electron chi connectivity index (χ4n) is 5.55. The van der Waals surface area contributed by atoms with Gasteiger partial charge in [0.05, 0.1) is 6.10 Å². The summed E-state index contributed by atoms with van der Waals surface area (Å²) >= 11 is 0. The van der Waals surface area contributed by atoms with Gasteiger partial charge in [-0.25, -0.2) is 9.78 Å². The van der Waals surface area contributed by atoms with Crippen LogP contribution in [0.25, 0.3) is 0 Å². The zero-order chi connectivity index (χ0) is 24.2. The molecule has 35 heavy (non-hydrogen) atoms. The predicted octanol–water partition coefficient (Wildman–Crippen LogP) is 3.54. The van der Waals surface area contributed by atoms with E-state index in [0.717, 1.165) is 50.2 Å². The predicted molar refractivity (Wildman–Crippen MR) is 133 cm³/mol. The van der Waals surface area contributed by atoms with E-state index in [1.807, 2.05) is 24.3 Å². The molecule has 0 radical (unpaired) electrons. The first-order chi connectivity index (χ1) is 17.0. The zero-order valence-corrected chi connectivity index (χ0v) is 20.2. The Morgan fingerprint density at radius 3 is 2.63 bits per heavy atom. The highest BCUT2D eigenvalue weighted by molar-refractivity contribution is 5.85. The molecule has 0 spiro atoms. The molecule has 3 N–H and O–H groups in total. The zero-order valence-electron chi connectivity index (χ0n) is 20.2. The van der Waals surface area contributed by atoms with E-state index >= 15 is 0 Å². The van der Waals surface area contributed by atoms with E-state index in [1.54, 1.807) is 0 Å². The van der Waals surface area contributed by atoms with Crippen LogP contribution in [-0.2, 0) is 40.0 Å². The Bertz CT molecular complexity index is 1040. The number of benzene rings is 1. The van der Waals surface area contributed by atoms with Gasteiger partial charge >= 0.3 is 5.97 Å². The van der Waals surface area contributed by atoms with Crippen molar-refractivity contribution in [1.82, 2.24) is 10.3 Å². The van der Waals surface area contributed by atoms with Crippen LogP contribution in [-0.4, -0.2) is 47.3 Å². The molecule has 2 aromatic rings. The Hall–Kier alpha value is -2.93. The number of carboxylic acids is 1. The SMILES string of the molecule is O=C(N[C@@H](CCO[C@H]1C[C@H](CCc2ccc3c(n2)NCCC3)C1)C(=O)O)C1Cc2ccccc2C1. The summed E-state index contributed by atoms with van der Waals surface area (Å²) in [6, 6.07) is 11.5. The summed E-state index contributed by atoms with van der Waals surface area (Å²) in [7, 11) is 0. The Morgan fingerprint density at radius 2 is 1.89 bits per heavy atom. The highest BCUT2D eigenvalue weighted by atomic mass is 16.5. The van der Waals surface area contributed by atoms with Gasteiger partial charge in [-0.1, -0.05) is 30.3 Å². The van der Waals surface area contributed by atoms with E-state index in [9.17, 15) is 14.7 Å². The second-order valence-corrected chi connectivity index (χ2v) is 10.3. The molecule has 1 saturated carbocycles. The number of aliphatic carboxylic acids is 1. The average Bonchev–Trinajstić information content (AvgIpc) is 3.28. The van der Waals surface area contributed by atoms with Crippen LogP contribution in [0.2, 0.25) is 0 Å². The fraction of sp³-hybridized carbons (Fsp3) is 0.536. The van der Waals surface area contributed by atoms with Gasteiger partial charge in [-0.2, -0.15) is 0 Å². The molecule has 3 aliphatic rings. The second kappa shape index (κ2) is 10.8. The molecule has 1 fully saturated rings. The maximum atomic E-state index is 12.7. The van der Waals surface area contributed by atoms with E-state index in [-0.39, 0.29) is 24.3 Å². The summed E-state index contributed by atoms with van der Waals surface area (Å²) in [6.07, 6.45) is 8.19. The highest BCUT2D eigenvalue weighted by Gasteiger charge is 2.32. The topological polar surface area (TPSA) is 101 Å². The van der Waals surface area contributed by atoms with E-state index in [4.69, 9.17) is 9.72 Å². The summed E-state index contributed by atoms with van der Waals surface area (Å²) in [6.45, 7) is 1.35. The Morgan fingerprint density at radius 1 is 1.11 bits per heavy atom. The molecule has 1 aromatic heterocycles. The van der Waals surface area contributed by atoms with Crippen molar-refractivity contribution in [3.63, 3.8) is 0 Å². The number of hydrogen-bond donors (Lipinski definition) is 3. The number of carbonyl (C=O) groups excluding carboxylic acids is 1. The van der Waals surface area contributed by atoms with Crippen molar-refractivity contribution in [3.8, 4) is 0 Å². The first-order valence-electron chi connectivity index (χ1n) is 13.0. The van der Waals surface area contributed by atoms with Crippen molar-refractivity contribution < 1.29 is 19.4 Å². The van der Waals surface area contributed by atoms with Gasteiger partial charge in [0.1, 0.15) is 11.9 Å². The molecular weight excluding hydrogens is 442 g/mol. The number of aromatic nitrogens is 1. The maximum Gasteiger partial charge on any atom is 0.326 e. The summed E-state index contributed by atoms with van der Waals surface area (Å²) < 4.78 is 5.93. The van der Waals surface area contributed by atoms with E-state index < -0.39 is 12.0 Å². The minimum Gasteiger partial charge on any atom is -0.480 e. The van der Waals surface area contributed by atoms with Crippen molar-refractivity contribution in [2.24, 2.45) is 11.8 Å². The third-order valence-corrected chi connectivity index (χ3v) is 7.75. The van der Waals surface area contributed by atoms with Crippen molar-refractivity contribution >= 4 is 17.7 Å². The Kier molecular flexibility index (Phi) is 7.32. The van der Waals surface area contributed by atoms with Crippen molar-refractivity contribution in [2.45, 2.75) is 69.9 Å². The van der Waals surface area contributed by atoms with Gasteiger partial charge in [0.25, 0.3) is 0 Å². The maximum absolute atomic E-state index is 12.7. The number of aryl methyl sites for hydroxylation is 2. The minimum absolute atomic E-state index is 0.178. The van der Waals surface area contributed by atoms with Crippen LogP contribution in [0.5, 0.6) is 0 Å². The number of fused-ring (bicyclic) bond motifs is 2. The van der Waals surface area contributed by atoms with Gasteiger partial charge in [0.2, 0.25) is 5.91 Å². The number of nitrogens with zero attached hydrogens (tertiary/aromatic N) is 1. The number of anilines is 1. The molecule has 1 aliphatic heterocycles. The Balaban J connectivity index is 0.994. The number of amides is 1. The van der Waals surface area contributed by atoms with E-state index in [1.165, 1.54) is 23.1 Å². The molecule has 1 atom stereocenters. The average molecular weight is 478 g/mol. The normalized spacial score (nSPS) is 21.8. The highest BCUT2D eigenvalue weighted by Crippen LogP contribution is 2.34. The van der Waals surface area contributed by atoms with Gasteiger partial charge in [0.15, 0.2) is 0 Å². The molecule has 7 heteroatoms. The van der Waals surface area contributed by atoms with Crippen LogP contribution < -0.4 is 10.6 Å². The monoisotopic (exact) mass is 477 g/mol. The first kappa shape index (κ1) is 23.8. The van der Waals surface area contributed by atoms with Crippen LogP contribution in [0.3, 0.4) is 0 Å². The lowest BCUT2D eigenvalue weighted by Gasteiger charge is -2.35. The molecule has 2 aliphatic carbocycles. The van der Waals surface area contributed by atoms with Gasteiger partial charge in [-0.3, -0.25) is 4.79 Å². The van der Waals surface area contributed by atoms with E-state index in [0.29, 0.717) is 25.4 Å². The molecule has 1 aromatic carbocycles. The quantitative estimate of drug-likeness (QED) is 0.484. The molecule has 1 amide bonds. The van der Waals surface area contributed by atoms with Crippen LogP contribution in [0, 0.1) is 11.8 Å². The molecule has 0 saturated heterocycles. The van der Waals surface area contributed by atoms with E-state index in [2.05, 4.69) is 22.8 Å². The molecule has 186 valence electrons. The second-order valence-electron chi connectivity index (χ2n) is 10.3. The number of hydrogen-bond acceptors (Lipinski definition) is 5. The number of pyridine rings is 1. The fourth-order valence-corrected chi connectivity index (χ4v) is 5.55. The van der Waals surface area contributed by atoms with Crippen LogP contribution in [0.1, 0.15) is 54.5 Å². The summed E-state index contributed by atoms with van der Waals surface area (Å²) in [5, 5.41) is 15.7. The first-order valence-corrected chi connectivity index (χ1v) is 13.0. The van der Waals surface area contributed by atoms with Crippen molar-refractivity contribution in [3.05, 3.63) is 58.8 Å². The third kappa shape index (κ3) is 5.84. The van der Waals surface area contributed by atoms with Gasteiger partial charge in [-0.15, -0.1) is 0 Å². The summed E-state index contributed by atoms with van der Waals surface area (Å²) in [5.74, 6) is 0.313. The van der Waals surface area contributed by atoms with Crippen molar-refractivity contribution in [2.75, 3.05) is 18.5 Å². The molecule has 0 unspecified atom stereocenters. The minimum atomic E-state index is -1.00. The van der Waals surface area contributed by atoms with Crippen LogP contribution >= 0.6 is 0 Å². The van der Waals surface area contributed by atoms with Crippen molar-refractivity contribution in [1.29, 1.82) is 0 Å². The molecule has 0 bridgehead atoms. The Labute approximate surface area is 206 Å². The lowest BCUT2D eigenvalue weighted by molar-refractivity contribution is -0.143.